The van der Waals surface area contributed by atoms with E-state index in [1.165, 1.54) is 11.1 Å². The van der Waals surface area contributed by atoms with E-state index in [4.69, 9.17) is 0 Å². The van der Waals surface area contributed by atoms with Gasteiger partial charge in [-0.3, -0.25) is 9.97 Å². The van der Waals surface area contributed by atoms with Gasteiger partial charge < -0.3 is 5.32 Å². The van der Waals surface area contributed by atoms with Gasteiger partial charge >= 0.3 is 0 Å². The maximum absolute atomic E-state index is 4.33. The number of anilines is 1. The van der Waals surface area contributed by atoms with E-state index >= 15 is 0 Å². The summed E-state index contributed by atoms with van der Waals surface area (Å²) in [6, 6.07) is 10.7. The fourth-order valence-corrected chi connectivity index (χ4v) is 3.09. The lowest BCUT2D eigenvalue weighted by Gasteiger charge is -2.08. The monoisotopic (exact) mass is 295 g/mol. The average molecular weight is 295 g/mol. The molecule has 0 saturated carbocycles. The minimum atomic E-state index is 0.848. The molecule has 0 aliphatic heterocycles. The fraction of sp³-hybridized carbons (Fsp3) is 0.176. The number of hydrogen-bond acceptors (Lipinski definition) is 4. The molecule has 3 nitrogen and oxygen atoms in total. The van der Waals surface area contributed by atoms with Crippen LogP contribution in [0.5, 0.6) is 0 Å². The van der Waals surface area contributed by atoms with Crippen LogP contribution in [0, 0.1) is 0 Å². The highest BCUT2D eigenvalue weighted by Crippen LogP contribution is 2.28. The van der Waals surface area contributed by atoms with E-state index in [1.54, 1.807) is 29.9 Å². The molecule has 2 aromatic heterocycles. The number of aromatic nitrogens is 2. The molecule has 0 fully saturated rings. The Morgan fingerprint density at radius 3 is 2.76 bits per heavy atom. The molecule has 0 amide bonds. The van der Waals surface area contributed by atoms with Crippen LogP contribution in [0.2, 0.25) is 0 Å². The third kappa shape index (κ3) is 3.28. The van der Waals surface area contributed by atoms with Gasteiger partial charge in [-0.2, -0.15) is 0 Å². The Morgan fingerprint density at radius 2 is 2.00 bits per heavy atom. The van der Waals surface area contributed by atoms with E-state index in [0.717, 1.165) is 29.2 Å². The molecule has 21 heavy (non-hydrogen) atoms. The van der Waals surface area contributed by atoms with Crippen molar-refractivity contribution in [2.24, 2.45) is 0 Å². The van der Waals surface area contributed by atoms with Gasteiger partial charge in [0, 0.05) is 30.0 Å². The molecule has 3 rings (SSSR count). The first kappa shape index (κ1) is 13.8. The Bertz CT molecular complexity index is 707. The van der Waals surface area contributed by atoms with Crippen molar-refractivity contribution in [3.8, 4) is 10.6 Å². The minimum Gasteiger partial charge on any atom is -0.380 e. The van der Waals surface area contributed by atoms with E-state index < -0.39 is 0 Å². The molecular formula is C17H17N3S. The molecule has 3 aromatic rings. The molecule has 0 saturated heterocycles. The summed E-state index contributed by atoms with van der Waals surface area (Å²) in [6.45, 7) is 3.04. The van der Waals surface area contributed by atoms with Gasteiger partial charge in [0.2, 0.25) is 0 Å². The van der Waals surface area contributed by atoms with Crippen LogP contribution in [-0.2, 0) is 13.0 Å². The first-order valence-corrected chi connectivity index (χ1v) is 7.90. The minimum absolute atomic E-state index is 0.848. The third-order valence-corrected chi connectivity index (χ3v) is 4.35. The van der Waals surface area contributed by atoms with Gasteiger partial charge in [-0.05, 0) is 23.6 Å². The Hall–Kier alpha value is -2.20. The second-order valence-corrected chi connectivity index (χ2v) is 5.68. The Kier molecular flexibility index (Phi) is 4.26. The maximum Gasteiger partial charge on any atom is 0.0985 e. The fourth-order valence-electron chi connectivity index (χ4n) is 2.26. The van der Waals surface area contributed by atoms with E-state index in [0.29, 0.717) is 0 Å². The van der Waals surface area contributed by atoms with Crippen LogP contribution in [0.4, 0.5) is 5.69 Å². The van der Waals surface area contributed by atoms with Crippen LogP contribution in [0.3, 0.4) is 0 Å². The van der Waals surface area contributed by atoms with Crippen LogP contribution in [0.25, 0.3) is 10.6 Å². The van der Waals surface area contributed by atoms with Crippen LogP contribution in [-0.4, -0.2) is 9.97 Å². The smallest absolute Gasteiger partial charge is 0.0985 e. The van der Waals surface area contributed by atoms with Crippen molar-refractivity contribution in [3.63, 3.8) is 0 Å². The highest BCUT2D eigenvalue weighted by atomic mass is 32.1. The molecular weight excluding hydrogens is 278 g/mol. The van der Waals surface area contributed by atoms with Gasteiger partial charge in [0.05, 0.1) is 16.8 Å². The average Bonchev–Trinajstić information content (AvgIpc) is 3.03. The summed E-state index contributed by atoms with van der Waals surface area (Å²) in [7, 11) is 0. The highest BCUT2D eigenvalue weighted by Gasteiger charge is 2.05. The number of aryl methyl sites for hydroxylation is 1. The van der Waals surface area contributed by atoms with Crippen molar-refractivity contribution in [1.82, 2.24) is 9.97 Å². The Morgan fingerprint density at radius 1 is 1.14 bits per heavy atom. The zero-order valence-corrected chi connectivity index (χ0v) is 12.7. The summed E-state index contributed by atoms with van der Waals surface area (Å²) in [5.41, 5.74) is 4.80. The van der Waals surface area contributed by atoms with Gasteiger partial charge in [-0.1, -0.05) is 31.2 Å². The Balaban J connectivity index is 1.71. The lowest BCUT2D eigenvalue weighted by atomic mass is 10.1. The van der Waals surface area contributed by atoms with Gasteiger partial charge in [0.15, 0.2) is 0 Å². The standard InChI is InChI=1S/C17H17N3S/c1-2-13-5-3-4-6-14(13)10-20-15-9-17(21-12-15)16-11-18-7-8-19-16/h3-9,11-12,20H,2,10H2,1H3. The van der Waals surface area contributed by atoms with Crippen molar-refractivity contribution in [3.05, 3.63) is 65.4 Å². The molecule has 2 heterocycles. The number of rotatable bonds is 5. The summed E-state index contributed by atoms with van der Waals surface area (Å²) in [5, 5.41) is 5.61. The van der Waals surface area contributed by atoms with Crippen molar-refractivity contribution in [1.29, 1.82) is 0 Å². The molecule has 0 aliphatic rings. The normalized spacial score (nSPS) is 10.5. The molecule has 0 unspecified atom stereocenters. The summed E-state index contributed by atoms with van der Waals surface area (Å²) in [4.78, 5) is 9.57. The number of benzene rings is 1. The molecule has 4 heteroatoms. The number of nitrogens with one attached hydrogen (secondary N) is 1. The SMILES string of the molecule is CCc1ccccc1CNc1csc(-c2cnccn2)c1. The van der Waals surface area contributed by atoms with Crippen LogP contribution in [0.1, 0.15) is 18.1 Å². The van der Waals surface area contributed by atoms with Crippen LogP contribution < -0.4 is 5.32 Å². The number of hydrogen-bond donors (Lipinski definition) is 1. The van der Waals surface area contributed by atoms with Crippen molar-refractivity contribution in [2.45, 2.75) is 19.9 Å². The summed E-state index contributed by atoms with van der Waals surface area (Å²) >= 11 is 1.68. The predicted molar refractivity (Wildman–Crippen MR) is 88.5 cm³/mol. The Labute approximate surface area is 128 Å². The topological polar surface area (TPSA) is 37.8 Å². The van der Waals surface area contributed by atoms with E-state index in [2.05, 4.69) is 57.9 Å². The lowest BCUT2D eigenvalue weighted by molar-refractivity contribution is 1.05. The predicted octanol–water partition coefficient (Wildman–Crippen LogP) is 4.38. The quantitative estimate of drug-likeness (QED) is 0.759. The van der Waals surface area contributed by atoms with E-state index in [1.807, 2.05) is 0 Å². The molecule has 0 aliphatic carbocycles. The van der Waals surface area contributed by atoms with Gasteiger partial charge in [0.25, 0.3) is 0 Å². The van der Waals surface area contributed by atoms with E-state index in [9.17, 15) is 0 Å². The first-order valence-electron chi connectivity index (χ1n) is 7.02. The largest absolute Gasteiger partial charge is 0.380 e. The van der Waals surface area contributed by atoms with Crippen molar-refractivity contribution in [2.75, 3.05) is 5.32 Å². The third-order valence-electron chi connectivity index (χ3n) is 3.40. The lowest BCUT2D eigenvalue weighted by Crippen LogP contribution is -2.01. The second kappa shape index (κ2) is 6.50. The van der Waals surface area contributed by atoms with Crippen LogP contribution in [0.15, 0.2) is 54.3 Å². The molecule has 1 N–H and O–H groups in total. The molecule has 0 bridgehead atoms. The van der Waals surface area contributed by atoms with Gasteiger partial charge in [0.1, 0.15) is 0 Å². The van der Waals surface area contributed by atoms with Crippen molar-refractivity contribution >= 4 is 17.0 Å². The number of thiophene rings is 1. The summed E-state index contributed by atoms with van der Waals surface area (Å²) < 4.78 is 0. The maximum atomic E-state index is 4.33. The molecule has 106 valence electrons. The second-order valence-electron chi connectivity index (χ2n) is 4.77. The molecule has 0 atom stereocenters. The molecule has 1 aromatic carbocycles. The van der Waals surface area contributed by atoms with Gasteiger partial charge in [-0.25, -0.2) is 0 Å². The van der Waals surface area contributed by atoms with Gasteiger partial charge in [-0.15, -0.1) is 11.3 Å². The molecule has 0 spiro atoms. The summed E-state index contributed by atoms with van der Waals surface area (Å²) in [6.07, 6.45) is 6.27. The van der Waals surface area contributed by atoms with Crippen molar-refractivity contribution < 1.29 is 0 Å². The zero-order valence-electron chi connectivity index (χ0n) is 11.9. The summed E-state index contributed by atoms with van der Waals surface area (Å²) in [5.74, 6) is 0. The molecule has 0 radical (unpaired) electrons. The highest BCUT2D eigenvalue weighted by molar-refractivity contribution is 7.14. The van der Waals surface area contributed by atoms with Crippen LogP contribution >= 0.6 is 11.3 Å². The number of nitrogens with zero attached hydrogens (tertiary/aromatic N) is 2. The van der Waals surface area contributed by atoms with E-state index in [-0.39, 0.29) is 0 Å². The first-order chi connectivity index (χ1) is 10.4. The zero-order chi connectivity index (χ0) is 14.5.